The molecule has 3 nitrogen and oxygen atoms in total. The van der Waals surface area contributed by atoms with Crippen LogP contribution in [-0.2, 0) is 0 Å². The van der Waals surface area contributed by atoms with E-state index in [9.17, 15) is 0 Å². The van der Waals surface area contributed by atoms with E-state index in [1.54, 1.807) is 0 Å². The molecule has 0 unspecified atom stereocenters. The molecule has 0 saturated carbocycles. The van der Waals surface area contributed by atoms with Crippen LogP contribution < -0.4 is 5.32 Å². The van der Waals surface area contributed by atoms with E-state index in [1.165, 1.54) is 37.0 Å². The highest BCUT2D eigenvalue weighted by atomic mass is 35.5. The minimum Gasteiger partial charge on any atom is -0.464 e. The maximum absolute atomic E-state index is 6.00. The first kappa shape index (κ1) is 20.8. The largest absolute Gasteiger partial charge is 0.464 e. The molecule has 1 aromatic rings. The predicted octanol–water partition coefficient (Wildman–Crippen LogP) is 4.27. The fraction of sp³-hybridized carbons (Fsp3) is 0.750. The van der Waals surface area contributed by atoms with E-state index in [0.717, 1.165) is 31.9 Å². The topological polar surface area (TPSA) is 28.4 Å². The Morgan fingerprint density at radius 2 is 1.86 bits per heavy atom. The van der Waals surface area contributed by atoms with Gasteiger partial charge in [0.05, 0.1) is 6.04 Å². The van der Waals surface area contributed by atoms with Crippen molar-refractivity contribution in [2.45, 2.75) is 52.5 Å². The van der Waals surface area contributed by atoms with E-state index in [-0.39, 0.29) is 24.8 Å². The average molecular weight is 337 g/mol. The Morgan fingerprint density at radius 3 is 2.38 bits per heavy atom. The van der Waals surface area contributed by atoms with Gasteiger partial charge in [-0.05, 0) is 31.9 Å². The average Bonchev–Trinajstić information content (AvgIpc) is 2.75. The second kappa shape index (κ2) is 10.5. The van der Waals surface area contributed by atoms with E-state index in [4.69, 9.17) is 4.42 Å². The number of rotatable bonds is 6. The number of nitrogens with zero attached hydrogens (tertiary/aromatic N) is 1. The first-order chi connectivity index (χ1) is 9.22. The lowest BCUT2D eigenvalue weighted by atomic mass is 10.0. The van der Waals surface area contributed by atoms with Gasteiger partial charge in [-0.2, -0.15) is 0 Å². The monoisotopic (exact) mass is 336 g/mol. The van der Waals surface area contributed by atoms with Crippen LogP contribution in [0.2, 0.25) is 0 Å². The molecule has 1 fully saturated rings. The minimum absolute atomic E-state index is 0. The Hall–Kier alpha value is -0.220. The van der Waals surface area contributed by atoms with Crippen molar-refractivity contribution in [3.8, 4) is 0 Å². The molecule has 1 N–H and O–H groups in total. The van der Waals surface area contributed by atoms with Crippen LogP contribution in [0.5, 0.6) is 0 Å². The summed E-state index contributed by atoms with van der Waals surface area (Å²) >= 11 is 0. The molecule has 0 aromatic carbocycles. The highest BCUT2D eigenvalue weighted by Gasteiger charge is 2.24. The van der Waals surface area contributed by atoms with Crippen LogP contribution in [0.4, 0.5) is 0 Å². The maximum atomic E-state index is 6.00. The molecule has 2 rings (SSSR count). The summed E-state index contributed by atoms with van der Waals surface area (Å²) in [7, 11) is 0. The lowest BCUT2D eigenvalue weighted by Crippen LogP contribution is -2.45. The Kier molecular flexibility index (Phi) is 10.4. The number of hydrogen-bond donors (Lipinski definition) is 1. The van der Waals surface area contributed by atoms with Crippen molar-refractivity contribution in [2.75, 3.05) is 26.2 Å². The van der Waals surface area contributed by atoms with Gasteiger partial charge < -0.3 is 9.73 Å². The van der Waals surface area contributed by atoms with Gasteiger partial charge in [0.25, 0.3) is 0 Å². The molecule has 1 saturated heterocycles. The molecule has 0 radical (unpaired) electrons. The first-order valence-electron chi connectivity index (χ1n) is 7.74. The molecule has 1 aromatic heterocycles. The summed E-state index contributed by atoms with van der Waals surface area (Å²) in [6, 6.07) is 2.72. The highest BCUT2D eigenvalue weighted by Crippen LogP contribution is 2.30. The van der Waals surface area contributed by atoms with Crippen molar-refractivity contribution in [1.29, 1.82) is 0 Å². The molecular formula is C16H30Cl2N2O. The fourth-order valence-electron chi connectivity index (χ4n) is 2.85. The third-order valence-electron chi connectivity index (χ3n) is 4.19. The number of aryl methyl sites for hydroxylation is 2. The molecule has 1 atom stereocenters. The second-order valence-corrected chi connectivity index (χ2v) is 5.69. The van der Waals surface area contributed by atoms with Crippen LogP contribution in [0.15, 0.2) is 10.5 Å². The molecule has 0 amide bonds. The van der Waals surface area contributed by atoms with Crippen molar-refractivity contribution < 1.29 is 4.42 Å². The molecule has 5 heteroatoms. The lowest BCUT2D eigenvalue weighted by Gasteiger charge is -2.34. The molecule has 0 aliphatic carbocycles. The van der Waals surface area contributed by atoms with E-state index in [2.05, 4.69) is 37.1 Å². The summed E-state index contributed by atoms with van der Waals surface area (Å²) in [5.41, 5.74) is 1.28. The smallest absolute Gasteiger partial charge is 0.121 e. The molecule has 1 aliphatic heterocycles. The number of furan rings is 1. The number of hydrogen-bond acceptors (Lipinski definition) is 3. The van der Waals surface area contributed by atoms with Gasteiger partial charge in [-0.1, -0.05) is 26.2 Å². The molecule has 1 aliphatic rings. The SMILES string of the molecule is CCCCC[C@H](c1cc(C)c(C)o1)N1CCNCC1.Cl.Cl. The van der Waals surface area contributed by atoms with Gasteiger partial charge in [-0.3, -0.25) is 4.90 Å². The molecule has 0 bridgehead atoms. The highest BCUT2D eigenvalue weighted by molar-refractivity contribution is 5.85. The van der Waals surface area contributed by atoms with Gasteiger partial charge in [0.2, 0.25) is 0 Å². The molecule has 124 valence electrons. The van der Waals surface area contributed by atoms with Gasteiger partial charge in [0, 0.05) is 26.2 Å². The Labute approximate surface area is 141 Å². The third kappa shape index (κ3) is 5.82. The fourth-order valence-corrected chi connectivity index (χ4v) is 2.85. The van der Waals surface area contributed by atoms with Crippen LogP contribution in [-0.4, -0.2) is 31.1 Å². The van der Waals surface area contributed by atoms with Crippen LogP contribution in [0.3, 0.4) is 0 Å². The summed E-state index contributed by atoms with van der Waals surface area (Å²) in [5.74, 6) is 2.25. The van der Waals surface area contributed by atoms with Crippen molar-refractivity contribution in [1.82, 2.24) is 10.2 Å². The third-order valence-corrected chi connectivity index (χ3v) is 4.19. The zero-order chi connectivity index (χ0) is 13.7. The van der Waals surface area contributed by atoms with Crippen molar-refractivity contribution in [2.24, 2.45) is 0 Å². The van der Waals surface area contributed by atoms with Gasteiger partial charge >= 0.3 is 0 Å². The number of piperazine rings is 1. The van der Waals surface area contributed by atoms with Crippen LogP contribution in [0, 0.1) is 13.8 Å². The standard InChI is InChI=1S/C16H28N2O.2ClH/c1-4-5-6-7-15(18-10-8-17-9-11-18)16-12-13(2)14(3)19-16;;/h12,15,17H,4-11H2,1-3H3;2*1H/t15-;;/m1../s1. The Balaban J connectivity index is 0.00000200. The van der Waals surface area contributed by atoms with Crippen LogP contribution in [0.1, 0.15) is 55.7 Å². The zero-order valence-electron chi connectivity index (χ0n) is 13.5. The summed E-state index contributed by atoms with van der Waals surface area (Å²) in [6.45, 7) is 10.9. The number of halogens is 2. The summed E-state index contributed by atoms with van der Waals surface area (Å²) in [5, 5.41) is 3.43. The Bertz CT molecular complexity index is 370. The van der Waals surface area contributed by atoms with Crippen LogP contribution >= 0.6 is 24.8 Å². The van der Waals surface area contributed by atoms with Gasteiger partial charge in [-0.15, -0.1) is 24.8 Å². The van der Waals surface area contributed by atoms with Crippen molar-refractivity contribution >= 4 is 24.8 Å². The van der Waals surface area contributed by atoms with E-state index in [1.807, 2.05) is 0 Å². The van der Waals surface area contributed by atoms with Gasteiger partial charge in [-0.25, -0.2) is 0 Å². The quantitative estimate of drug-likeness (QED) is 0.786. The molecular weight excluding hydrogens is 307 g/mol. The minimum atomic E-state index is 0. The van der Waals surface area contributed by atoms with E-state index in [0.29, 0.717) is 6.04 Å². The molecule has 21 heavy (non-hydrogen) atoms. The number of unbranched alkanes of at least 4 members (excludes halogenated alkanes) is 2. The van der Waals surface area contributed by atoms with Gasteiger partial charge in [0.15, 0.2) is 0 Å². The predicted molar refractivity (Wildman–Crippen MR) is 94.0 cm³/mol. The maximum Gasteiger partial charge on any atom is 0.121 e. The zero-order valence-corrected chi connectivity index (χ0v) is 15.1. The summed E-state index contributed by atoms with van der Waals surface area (Å²) in [6.07, 6.45) is 5.12. The number of nitrogens with one attached hydrogen (secondary N) is 1. The second-order valence-electron chi connectivity index (χ2n) is 5.69. The van der Waals surface area contributed by atoms with Crippen LogP contribution in [0.25, 0.3) is 0 Å². The Morgan fingerprint density at radius 1 is 1.19 bits per heavy atom. The van der Waals surface area contributed by atoms with Crippen molar-refractivity contribution in [3.05, 3.63) is 23.2 Å². The lowest BCUT2D eigenvalue weighted by molar-refractivity contribution is 0.143. The normalized spacial score (nSPS) is 16.9. The van der Waals surface area contributed by atoms with Crippen molar-refractivity contribution in [3.63, 3.8) is 0 Å². The van der Waals surface area contributed by atoms with E-state index >= 15 is 0 Å². The van der Waals surface area contributed by atoms with E-state index < -0.39 is 0 Å². The first-order valence-corrected chi connectivity index (χ1v) is 7.74. The van der Waals surface area contributed by atoms with Gasteiger partial charge in [0.1, 0.15) is 11.5 Å². The molecule has 0 spiro atoms. The molecule has 2 heterocycles. The summed E-state index contributed by atoms with van der Waals surface area (Å²) in [4.78, 5) is 2.59. The summed E-state index contributed by atoms with van der Waals surface area (Å²) < 4.78 is 6.00.